The molecule has 0 aliphatic carbocycles. The van der Waals surface area contributed by atoms with Gasteiger partial charge in [-0.2, -0.15) is 4.98 Å². The van der Waals surface area contributed by atoms with E-state index >= 15 is 0 Å². The maximum Gasteiger partial charge on any atom is 0.317 e. The fourth-order valence-corrected chi connectivity index (χ4v) is 1.27. The monoisotopic (exact) mass is 271 g/mol. The second-order valence-corrected chi connectivity index (χ2v) is 3.93. The van der Waals surface area contributed by atoms with Gasteiger partial charge in [0.05, 0.1) is 19.8 Å². The summed E-state index contributed by atoms with van der Waals surface area (Å²) in [4.78, 5) is 8.43. The Kier molecular flexibility index (Phi) is 6.48. The zero-order valence-corrected chi connectivity index (χ0v) is 11.3. The topological polar surface area (TPSA) is 79.5 Å². The maximum atomic E-state index is 5.51. The highest BCUT2D eigenvalue weighted by atomic mass is 32.1. The molecule has 1 heterocycles. The standard InChI is InChI=1S/C11H17N3O3S/c1-8-7-9(10(12)18)14-11(13-8)17-6-5-16-4-3-15-2/h7H,3-6H2,1-2H3,(H2,12,18). The van der Waals surface area contributed by atoms with Gasteiger partial charge in [0, 0.05) is 12.8 Å². The Morgan fingerprint density at radius 1 is 1.28 bits per heavy atom. The molecule has 1 aromatic rings. The lowest BCUT2D eigenvalue weighted by molar-refractivity contribution is 0.0528. The zero-order valence-electron chi connectivity index (χ0n) is 10.5. The summed E-state index contributed by atoms with van der Waals surface area (Å²) in [6, 6.07) is 1.97. The third-order valence-corrected chi connectivity index (χ3v) is 2.19. The van der Waals surface area contributed by atoms with Crippen LogP contribution in [0.4, 0.5) is 0 Å². The van der Waals surface area contributed by atoms with Crippen molar-refractivity contribution in [1.29, 1.82) is 0 Å². The average Bonchev–Trinajstić information content (AvgIpc) is 2.33. The maximum absolute atomic E-state index is 5.51. The van der Waals surface area contributed by atoms with Gasteiger partial charge in [0.25, 0.3) is 0 Å². The molecule has 100 valence electrons. The quantitative estimate of drug-likeness (QED) is 0.543. The molecule has 0 fully saturated rings. The minimum absolute atomic E-state index is 0.224. The van der Waals surface area contributed by atoms with Crippen molar-refractivity contribution in [3.05, 3.63) is 17.5 Å². The molecular weight excluding hydrogens is 254 g/mol. The number of nitrogens with two attached hydrogens (primary N) is 1. The Hall–Kier alpha value is -1.31. The van der Waals surface area contributed by atoms with E-state index < -0.39 is 0 Å². The van der Waals surface area contributed by atoms with Gasteiger partial charge in [-0.25, -0.2) is 4.98 Å². The summed E-state index contributed by atoms with van der Waals surface area (Å²) in [6.07, 6.45) is 0. The molecular formula is C11H17N3O3S. The normalized spacial score (nSPS) is 10.3. The third kappa shape index (κ3) is 5.35. The highest BCUT2D eigenvalue weighted by Crippen LogP contribution is 2.06. The summed E-state index contributed by atoms with van der Waals surface area (Å²) in [5.41, 5.74) is 6.77. The van der Waals surface area contributed by atoms with Crippen molar-refractivity contribution in [2.75, 3.05) is 33.5 Å². The number of ether oxygens (including phenoxy) is 3. The molecule has 1 rings (SSSR count). The van der Waals surface area contributed by atoms with Crippen LogP contribution in [-0.4, -0.2) is 48.5 Å². The van der Waals surface area contributed by atoms with Crippen molar-refractivity contribution in [2.45, 2.75) is 6.92 Å². The number of nitrogens with zero attached hydrogens (tertiary/aromatic N) is 2. The molecule has 2 N–H and O–H groups in total. The minimum Gasteiger partial charge on any atom is -0.461 e. The second-order valence-electron chi connectivity index (χ2n) is 3.50. The van der Waals surface area contributed by atoms with E-state index in [-0.39, 0.29) is 11.0 Å². The van der Waals surface area contributed by atoms with Crippen LogP contribution in [0.25, 0.3) is 0 Å². The first-order valence-corrected chi connectivity index (χ1v) is 5.89. The van der Waals surface area contributed by atoms with Crippen molar-refractivity contribution < 1.29 is 14.2 Å². The molecule has 6 nitrogen and oxygen atoms in total. The lowest BCUT2D eigenvalue weighted by atomic mass is 10.3. The first kappa shape index (κ1) is 14.7. The summed E-state index contributed by atoms with van der Waals surface area (Å²) in [5, 5.41) is 0. The van der Waals surface area contributed by atoms with Crippen LogP contribution in [0, 0.1) is 6.92 Å². The van der Waals surface area contributed by atoms with E-state index in [1.165, 1.54) is 0 Å². The Morgan fingerprint density at radius 2 is 2.00 bits per heavy atom. The molecule has 0 unspecified atom stereocenters. The Bertz CT molecular complexity index is 401. The number of methoxy groups -OCH3 is 1. The first-order chi connectivity index (χ1) is 8.63. The summed E-state index contributed by atoms with van der Waals surface area (Å²) >= 11 is 4.86. The van der Waals surface area contributed by atoms with Crippen molar-refractivity contribution in [2.24, 2.45) is 5.73 Å². The molecule has 0 saturated carbocycles. The number of aromatic nitrogens is 2. The molecule has 18 heavy (non-hydrogen) atoms. The number of hydrogen-bond donors (Lipinski definition) is 1. The number of aryl methyl sites for hydroxylation is 1. The number of rotatable bonds is 8. The lowest BCUT2D eigenvalue weighted by Crippen LogP contribution is -2.15. The molecule has 0 amide bonds. The summed E-state index contributed by atoms with van der Waals surface area (Å²) in [7, 11) is 1.62. The van der Waals surface area contributed by atoms with E-state index in [0.717, 1.165) is 5.69 Å². The van der Waals surface area contributed by atoms with Gasteiger partial charge in [0.15, 0.2) is 0 Å². The second kappa shape index (κ2) is 7.91. The van der Waals surface area contributed by atoms with Gasteiger partial charge in [0.1, 0.15) is 17.3 Å². The van der Waals surface area contributed by atoms with E-state index in [1.54, 1.807) is 13.2 Å². The average molecular weight is 271 g/mol. The molecule has 0 spiro atoms. The van der Waals surface area contributed by atoms with Crippen LogP contribution in [0.1, 0.15) is 11.4 Å². The van der Waals surface area contributed by atoms with Crippen LogP contribution in [0.5, 0.6) is 6.01 Å². The van der Waals surface area contributed by atoms with Crippen LogP contribution in [0.15, 0.2) is 6.07 Å². The van der Waals surface area contributed by atoms with E-state index in [9.17, 15) is 0 Å². The highest BCUT2D eigenvalue weighted by molar-refractivity contribution is 7.80. The van der Waals surface area contributed by atoms with Crippen LogP contribution < -0.4 is 10.5 Å². The molecule has 0 aliphatic heterocycles. The van der Waals surface area contributed by atoms with Crippen LogP contribution in [0.3, 0.4) is 0 Å². The molecule has 1 aromatic heterocycles. The molecule has 0 saturated heterocycles. The lowest BCUT2D eigenvalue weighted by Gasteiger charge is -2.07. The predicted octanol–water partition coefficient (Wildman–Crippen LogP) is 0.461. The Balaban J connectivity index is 2.40. The highest BCUT2D eigenvalue weighted by Gasteiger charge is 2.05. The van der Waals surface area contributed by atoms with Crippen molar-refractivity contribution in [1.82, 2.24) is 9.97 Å². The third-order valence-electron chi connectivity index (χ3n) is 1.98. The van der Waals surface area contributed by atoms with E-state index in [4.69, 9.17) is 32.2 Å². The summed E-state index contributed by atoms with van der Waals surface area (Å²) in [5.74, 6) is 0. The Morgan fingerprint density at radius 3 is 2.67 bits per heavy atom. The van der Waals surface area contributed by atoms with E-state index in [0.29, 0.717) is 32.1 Å². The van der Waals surface area contributed by atoms with E-state index in [2.05, 4.69) is 9.97 Å². The smallest absolute Gasteiger partial charge is 0.317 e. The van der Waals surface area contributed by atoms with Crippen molar-refractivity contribution >= 4 is 17.2 Å². The Labute approximate surface area is 111 Å². The minimum atomic E-state index is 0.224. The van der Waals surface area contributed by atoms with E-state index in [1.807, 2.05) is 6.92 Å². The predicted molar refractivity (Wildman–Crippen MR) is 70.8 cm³/mol. The summed E-state index contributed by atoms with van der Waals surface area (Å²) < 4.78 is 15.4. The molecule has 0 radical (unpaired) electrons. The van der Waals surface area contributed by atoms with Gasteiger partial charge in [0.2, 0.25) is 0 Å². The first-order valence-electron chi connectivity index (χ1n) is 5.48. The summed E-state index contributed by atoms with van der Waals surface area (Å²) in [6.45, 7) is 3.73. The van der Waals surface area contributed by atoms with Gasteiger partial charge in [-0.05, 0) is 13.0 Å². The fourth-order valence-electron chi connectivity index (χ4n) is 1.17. The number of hydrogen-bond acceptors (Lipinski definition) is 6. The molecule has 0 bridgehead atoms. The SMILES string of the molecule is COCCOCCOc1nc(C)cc(C(N)=S)n1. The molecule has 0 aromatic carbocycles. The molecule has 0 aliphatic rings. The zero-order chi connectivity index (χ0) is 13.4. The van der Waals surface area contributed by atoms with Crippen molar-refractivity contribution in [3.8, 4) is 6.01 Å². The van der Waals surface area contributed by atoms with Gasteiger partial charge >= 0.3 is 6.01 Å². The number of thiocarbonyl (C=S) groups is 1. The van der Waals surface area contributed by atoms with Gasteiger partial charge in [-0.1, -0.05) is 12.2 Å². The van der Waals surface area contributed by atoms with Gasteiger partial charge in [-0.3, -0.25) is 0 Å². The van der Waals surface area contributed by atoms with Crippen molar-refractivity contribution in [3.63, 3.8) is 0 Å². The van der Waals surface area contributed by atoms with Gasteiger partial charge in [-0.15, -0.1) is 0 Å². The molecule has 7 heteroatoms. The van der Waals surface area contributed by atoms with Gasteiger partial charge < -0.3 is 19.9 Å². The largest absolute Gasteiger partial charge is 0.461 e. The van der Waals surface area contributed by atoms with Crippen LogP contribution in [-0.2, 0) is 9.47 Å². The van der Waals surface area contributed by atoms with Crippen LogP contribution in [0.2, 0.25) is 0 Å². The van der Waals surface area contributed by atoms with Crippen LogP contribution >= 0.6 is 12.2 Å². The fraction of sp³-hybridized carbons (Fsp3) is 0.545. The molecule has 0 atom stereocenters.